The maximum absolute atomic E-state index is 12.7. The first kappa shape index (κ1) is 10.9. The number of hydrogen-bond acceptors (Lipinski definition) is 2. The fourth-order valence-electron chi connectivity index (χ4n) is 1.13. The molecular formula is C8H9F4NO. The molecule has 0 saturated carbocycles. The van der Waals surface area contributed by atoms with E-state index in [0.717, 1.165) is 6.08 Å². The van der Waals surface area contributed by atoms with Gasteiger partial charge in [0.15, 0.2) is 5.76 Å². The molecule has 14 heavy (non-hydrogen) atoms. The standard InChI is InChI=1S/C8H9F4NO/c1-13-6-3-2-5(9)4-7(6)14-8(10,11)12/h4,13H,2-3H2,1H3. The fourth-order valence-corrected chi connectivity index (χ4v) is 1.13. The molecule has 0 radical (unpaired) electrons. The van der Waals surface area contributed by atoms with E-state index in [1.54, 1.807) is 0 Å². The summed E-state index contributed by atoms with van der Waals surface area (Å²) in [6.07, 6.45) is -3.75. The molecule has 0 atom stereocenters. The van der Waals surface area contributed by atoms with Crippen molar-refractivity contribution >= 4 is 0 Å². The van der Waals surface area contributed by atoms with E-state index >= 15 is 0 Å². The van der Waals surface area contributed by atoms with Crippen LogP contribution in [0.4, 0.5) is 17.6 Å². The Morgan fingerprint density at radius 3 is 2.50 bits per heavy atom. The first-order valence-electron chi connectivity index (χ1n) is 3.95. The molecule has 6 heteroatoms. The average molecular weight is 211 g/mol. The Labute approximate surface area is 78.2 Å². The summed E-state index contributed by atoms with van der Waals surface area (Å²) in [7, 11) is 1.46. The van der Waals surface area contributed by atoms with Gasteiger partial charge >= 0.3 is 6.36 Å². The molecule has 2 nitrogen and oxygen atoms in total. The van der Waals surface area contributed by atoms with Crippen LogP contribution in [-0.2, 0) is 4.74 Å². The number of hydrogen-bond donors (Lipinski definition) is 1. The first-order chi connectivity index (χ1) is 6.42. The Bertz CT molecular complexity index is 280. The highest BCUT2D eigenvalue weighted by Crippen LogP contribution is 2.29. The molecule has 1 rings (SSSR count). The molecule has 0 aromatic heterocycles. The minimum Gasteiger partial charge on any atom is -0.404 e. The highest BCUT2D eigenvalue weighted by atomic mass is 19.4. The highest BCUT2D eigenvalue weighted by molar-refractivity contribution is 5.26. The zero-order valence-electron chi connectivity index (χ0n) is 7.41. The smallest absolute Gasteiger partial charge is 0.404 e. The van der Waals surface area contributed by atoms with Gasteiger partial charge in [0.1, 0.15) is 5.83 Å². The summed E-state index contributed by atoms with van der Waals surface area (Å²) in [5, 5.41) is 2.54. The summed E-state index contributed by atoms with van der Waals surface area (Å²) in [5.74, 6) is -1.10. The summed E-state index contributed by atoms with van der Waals surface area (Å²) in [6.45, 7) is 0. The summed E-state index contributed by atoms with van der Waals surface area (Å²) in [5.41, 5.74) is 0.253. The molecule has 0 amide bonds. The summed E-state index contributed by atoms with van der Waals surface area (Å²) in [4.78, 5) is 0. The number of ether oxygens (including phenoxy) is 1. The second-order valence-electron chi connectivity index (χ2n) is 2.73. The molecule has 0 aromatic carbocycles. The van der Waals surface area contributed by atoms with Gasteiger partial charge in [-0.05, 0) is 6.42 Å². The number of allylic oxidation sites excluding steroid dienone is 3. The lowest BCUT2D eigenvalue weighted by molar-refractivity contribution is -0.304. The number of alkyl halides is 3. The van der Waals surface area contributed by atoms with Crippen LogP contribution in [0, 0.1) is 0 Å². The molecule has 1 aliphatic carbocycles. The molecule has 0 spiro atoms. The van der Waals surface area contributed by atoms with Crippen molar-refractivity contribution in [1.29, 1.82) is 0 Å². The van der Waals surface area contributed by atoms with Gasteiger partial charge in [-0.15, -0.1) is 13.2 Å². The Morgan fingerprint density at radius 2 is 2.00 bits per heavy atom. The summed E-state index contributed by atoms with van der Waals surface area (Å²) >= 11 is 0. The van der Waals surface area contributed by atoms with Gasteiger partial charge in [0.25, 0.3) is 0 Å². The van der Waals surface area contributed by atoms with E-state index in [-0.39, 0.29) is 18.5 Å². The van der Waals surface area contributed by atoms with Crippen molar-refractivity contribution < 1.29 is 22.3 Å². The van der Waals surface area contributed by atoms with E-state index in [0.29, 0.717) is 0 Å². The molecule has 1 aliphatic rings. The maximum Gasteiger partial charge on any atom is 0.573 e. The maximum atomic E-state index is 12.7. The van der Waals surface area contributed by atoms with Crippen LogP contribution < -0.4 is 5.32 Å². The topological polar surface area (TPSA) is 21.3 Å². The van der Waals surface area contributed by atoms with Gasteiger partial charge in [0.2, 0.25) is 0 Å². The Balaban J connectivity index is 2.85. The number of halogens is 4. The van der Waals surface area contributed by atoms with Gasteiger partial charge in [0, 0.05) is 19.5 Å². The van der Waals surface area contributed by atoms with Crippen molar-refractivity contribution in [3.63, 3.8) is 0 Å². The number of nitrogens with one attached hydrogen (secondary N) is 1. The van der Waals surface area contributed by atoms with Crippen LogP contribution in [-0.4, -0.2) is 13.4 Å². The highest BCUT2D eigenvalue weighted by Gasteiger charge is 2.33. The predicted molar refractivity (Wildman–Crippen MR) is 41.7 cm³/mol. The third kappa shape index (κ3) is 2.93. The van der Waals surface area contributed by atoms with E-state index in [1.807, 2.05) is 0 Å². The third-order valence-electron chi connectivity index (χ3n) is 1.73. The third-order valence-corrected chi connectivity index (χ3v) is 1.73. The van der Waals surface area contributed by atoms with E-state index in [4.69, 9.17) is 0 Å². The van der Waals surface area contributed by atoms with Crippen molar-refractivity contribution in [3.8, 4) is 0 Å². The van der Waals surface area contributed by atoms with E-state index < -0.39 is 17.9 Å². The van der Waals surface area contributed by atoms with Gasteiger partial charge in [-0.2, -0.15) is 0 Å². The normalized spacial score (nSPS) is 17.9. The lowest BCUT2D eigenvalue weighted by Crippen LogP contribution is -2.19. The Hall–Kier alpha value is -1.20. The SMILES string of the molecule is CNC1=C(OC(F)(F)F)C=C(F)CC1. The van der Waals surface area contributed by atoms with Crippen LogP contribution in [0.1, 0.15) is 12.8 Å². The fraction of sp³-hybridized carbons (Fsp3) is 0.500. The zero-order chi connectivity index (χ0) is 10.8. The molecule has 0 aromatic rings. The van der Waals surface area contributed by atoms with Gasteiger partial charge in [-0.1, -0.05) is 0 Å². The molecule has 0 saturated heterocycles. The van der Waals surface area contributed by atoms with Gasteiger partial charge < -0.3 is 10.1 Å². The lowest BCUT2D eigenvalue weighted by Gasteiger charge is -2.18. The summed E-state index contributed by atoms with van der Waals surface area (Å²) < 4.78 is 51.8. The van der Waals surface area contributed by atoms with E-state index in [2.05, 4.69) is 10.1 Å². The van der Waals surface area contributed by atoms with Crippen molar-refractivity contribution in [2.24, 2.45) is 0 Å². The Kier molecular flexibility index (Phi) is 3.03. The minimum atomic E-state index is -4.79. The van der Waals surface area contributed by atoms with Gasteiger partial charge in [-0.25, -0.2) is 4.39 Å². The molecule has 0 fully saturated rings. The summed E-state index contributed by atoms with van der Waals surface area (Å²) in [6, 6.07) is 0. The van der Waals surface area contributed by atoms with Gasteiger partial charge in [0.05, 0.1) is 5.70 Å². The van der Waals surface area contributed by atoms with Crippen LogP contribution >= 0.6 is 0 Å². The quantitative estimate of drug-likeness (QED) is 0.709. The predicted octanol–water partition coefficient (Wildman–Crippen LogP) is 2.60. The largest absolute Gasteiger partial charge is 0.573 e. The second-order valence-corrected chi connectivity index (χ2v) is 2.73. The van der Waals surface area contributed by atoms with Crippen molar-refractivity contribution in [1.82, 2.24) is 5.32 Å². The molecule has 0 bridgehead atoms. The van der Waals surface area contributed by atoms with Crippen LogP contribution in [0.3, 0.4) is 0 Å². The molecule has 0 unspecified atom stereocenters. The minimum absolute atomic E-state index is 0.0981. The zero-order valence-corrected chi connectivity index (χ0v) is 7.41. The van der Waals surface area contributed by atoms with Gasteiger partial charge in [-0.3, -0.25) is 0 Å². The molecule has 0 aliphatic heterocycles. The van der Waals surface area contributed by atoms with Crippen molar-refractivity contribution in [2.75, 3.05) is 7.05 Å². The van der Waals surface area contributed by atoms with Crippen LogP contribution in [0.2, 0.25) is 0 Å². The molecule has 80 valence electrons. The van der Waals surface area contributed by atoms with Crippen molar-refractivity contribution in [3.05, 3.63) is 23.4 Å². The Morgan fingerprint density at radius 1 is 1.36 bits per heavy atom. The van der Waals surface area contributed by atoms with Crippen molar-refractivity contribution in [2.45, 2.75) is 19.2 Å². The number of rotatable bonds is 2. The lowest BCUT2D eigenvalue weighted by atomic mass is 10.1. The van der Waals surface area contributed by atoms with E-state index in [1.165, 1.54) is 7.05 Å². The van der Waals surface area contributed by atoms with Crippen LogP contribution in [0.25, 0.3) is 0 Å². The molecular weight excluding hydrogens is 202 g/mol. The molecule has 1 N–H and O–H groups in total. The van der Waals surface area contributed by atoms with Crippen LogP contribution in [0.5, 0.6) is 0 Å². The first-order valence-corrected chi connectivity index (χ1v) is 3.95. The monoisotopic (exact) mass is 211 g/mol. The average Bonchev–Trinajstić information content (AvgIpc) is 2.01. The van der Waals surface area contributed by atoms with E-state index in [9.17, 15) is 17.6 Å². The van der Waals surface area contributed by atoms with Crippen LogP contribution in [0.15, 0.2) is 23.4 Å². The molecule has 0 heterocycles. The second kappa shape index (κ2) is 3.89.